The van der Waals surface area contributed by atoms with Crippen LogP contribution in [0.1, 0.15) is 0 Å². The molecule has 0 saturated carbocycles. The molecule has 0 aliphatic rings. The van der Waals surface area contributed by atoms with Crippen molar-refractivity contribution < 1.29 is 0 Å². The molecule has 0 radical (unpaired) electrons. The van der Waals surface area contributed by atoms with E-state index >= 15 is 0 Å². The maximum absolute atomic E-state index is 2.54. The highest BCUT2D eigenvalue weighted by molar-refractivity contribution is 7.73. The predicted octanol–water partition coefficient (Wildman–Crippen LogP) is 5.10. The molecule has 4 aromatic rings. The molecule has 4 aromatic carbocycles. The molecule has 0 unspecified atom stereocenters. The summed E-state index contributed by atoms with van der Waals surface area (Å²) in [4.78, 5) is 2.54. The van der Waals surface area contributed by atoms with Gasteiger partial charge in [0, 0.05) is 12.6 Å². The standard InChI is InChI=1S/C27H27NP2/c1-28(22-29(24-14-6-2-7-15-24)25-16-8-3-9-17-25)23-30(26-18-10-4-11-19-26)27-20-12-5-13-21-27/h2-21H,22-23H2,1H3. The molecule has 3 heteroatoms. The lowest BCUT2D eigenvalue weighted by atomic mass is 10.4. The van der Waals surface area contributed by atoms with Crippen LogP contribution in [0.3, 0.4) is 0 Å². The molecule has 0 N–H and O–H groups in total. The summed E-state index contributed by atoms with van der Waals surface area (Å²) in [6.45, 7) is 0. The molecule has 0 atom stereocenters. The van der Waals surface area contributed by atoms with Crippen LogP contribution >= 0.6 is 15.8 Å². The van der Waals surface area contributed by atoms with Crippen molar-refractivity contribution in [2.24, 2.45) is 0 Å². The van der Waals surface area contributed by atoms with Gasteiger partial charge in [-0.05, 0) is 44.1 Å². The van der Waals surface area contributed by atoms with Crippen LogP contribution in [-0.4, -0.2) is 24.5 Å². The fourth-order valence-electron chi connectivity index (χ4n) is 3.58. The Morgan fingerprint density at radius 3 is 0.900 bits per heavy atom. The van der Waals surface area contributed by atoms with Gasteiger partial charge in [-0.15, -0.1) is 0 Å². The molecule has 0 aliphatic carbocycles. The van der Waals surface area contributed by atoms with E-state index in [1.165, 1.54) is 21.2 Å². The van der Waals surface area contributed by atoms with Gasteiger partial charge >= 0.3 is 0 Å². The second kappa shape index (κ2) is 10.6. The zero-order valence-electron chi connectivity index (χ0n) is 17.3. The van der Waals surface area contributed by atoms with E-state index in [-0.39, 0.29) is 0 Å². The van der Waals surface area contributed by atoms with Gasteiger partial charge in [0.2, 0.25) is 0 Å². The lowest BCUT2D eigenvalue weighted by Gasteiger charge is -2.29. The Balaban J connectivity index is 1.59. The van der Waals surface area contributed by atoms with Crippen molar-refractivity contribution in [2.75, 3.05) is 19.6 Å². The third-order valence-corrected chi connectivity index (χ3v) is 10.3. The van der Waals surface area contributed by atoms with Gasteiger partial charge in [0.05, 0.1) is 0 Å². The highest BCUT2D eigenvalue weighted by Gasteiger charge is 2.20. The smallest absolute Gasteiger partial charge is 0.0266 e. The molecule has 0 aromatic heterocycles. The highest BCUT2D eigenvalue weighted by atomic mass is 31.1. The summed E-state index contributed by atoms with van der Waals surface area (Å²) in [5.41, 5.74) is 0. The first-order chi connectivity index (χ1) is 14.8. The Labute approximate surface area is 182 Å². The zero-order valence-corrected chi connectivity index (χ0v) is 19.1. The summed E-state index contributed by atoms with van der Waals surface area (Å²) in [5, 5.41) is 5.76. The molecule has 0 saturated heterocycles. The average molecular weight is 427 g/mol. The van der Waals surface area contributed by atoms with Crippen LogP contribution < -0.4 is 21.2 Å². The number of nitrogens with zero attached hydrogens (tertiary/aromatic N) is 1. The first kappa shape index (κ1) is 21.0. The maximum atomic E-state index is 2.54. The third kappa shape index (κ3) is 5.44. The first-order valence-electron chi connectivity index (χ1n) is 10.2. The van der Waals surface area contributed by atoms with Crippen molar-refractivity contribution in [3.05, 3.63) is 121 Å². The second-order valence-corrected chi connectivity index (χ2v) is 11.7. The Morgan fingerprint density at radius 1 is 0.433 bits per heavy atom. The molecule has 1 nitrogen and oxygen atoms in total. The fraction of sp³-hybridized carbons (Fsp3) is 0.111. The minimum Gasteiger partial charge on any atom is -0.297 e. The van der Waals surface area contributed by atoms with Crippen LogP contribution in [0, 0.1) is 0 Å². The topological polar surface area (TPSA) is 3.24 Å². The van der Waals surface area contributed by atoms with Gasteiger partial charge in [-0.2, -0.15) is 0 Å². The average Bonchev–Trinajstić information content (AvgIpc) is 2.83. The fourth-order valence-corrected chi connectivity index (χ4v) is 8.29. The molecule has 0 fully saturated rings. The molecular weight excluding hydrogens is 400 g/mol. The second-order valence-electron chi connectivity index (χ2n) is 7.34. The van der Waals surface area contributed by atoms with E-state index < -0.39 is 15.8 Å². The number of benzene rings is 4. The van der Waals surface area contributed by atoms with Gasteiger partial charge in [-0.3, -0.25) is 4.90 Å². The molecule has 0 spiro atoms. The van der Waals surface area contributed by atoms with Crippen molar-refractivity contribution in [1.82, 2.24) is 4.90 Å². The van der Waals surface area contributed by atoms with E-state index in [1.54, 1.807) is 0 Å². The van der Waals surface area contributed by atoms with Crippen LogP contribution in [0.15, 0.2) is 121 Å². The lowest BCUT2D eigenvalue weighted by Crippen LogP contribution is -2.29. The molecule has 0 amide bonds. The van der Waals surface area contributed by atoms with Crippen LogP contribution in [0.4, 0.5) is 0 Å². The van der Waals surface area contributed by atoms with Gasteiger partial charge in [0.1, 0.15) is 0 Å². The van der Waals surface area contributed by atoms with Crippen LogP contribution in [0.25, 0.3) is 0 Å². The SMILES string of the molecule is CN(CP(c1ccccc1)c1ccccc1)CP(c1ccccc1)c1ccccc1. The van der Waals surface area contributed by atoms with Gasteiger partial charge in [-0.1, -0.05) is 121 Å². The highest BCUT2D eigenvalue weighted by Crippen LogP contribution is 2.38. The number of hydrogen-bond acceptors (Lipinski definition) is 1. The zero-order chi connectivity index (χ0) is 20.6. The quantitative estimate of drug-likeness (QED) is 0.354. The van der Waals surface area contributed by atoms with Crippen molar-refractivity contribution in [3.63, 3.8) is 0 Å². The van der Waals surface area contributed by atoms with Crippen molar-refractivity contribution in [3.8, 4) is 0 Å². The van der Waals surface area contributed by atoms with Crippen molar-refractivity contribution >= 4 is 37.1 Å². The number of rotatable bonds is 8. The third-order valence-electron chi connectivity index (χ3n) is 5.04. The van der Waals surface area contributed by atoms with Crippen LogP contribution in [0.5, 0.6) is 0 Å². The van der Waals surface area contributed by atoms with E-state index in [0.717, 1.165) is 12.6 Å². The molecule has 4 rings (SSSR count). The molecule has 0 bridgehead atoms. The van der Waals surface area contributed by atoms with E-state index in [9.17, 15) is 0 Å². The minimum atomic E-state index is -0.422. The van der Waals surface area contributed by atoms with Gasteiger partial charge in [0.25, 0.3) is 0 Å². The van der Waals surface area contributed by atoms with Gasteiger partial charge in [-0.25, -0.2) is 0 Å². The normalized spacial score (nSPS) is 11.3. The van der Waals surface area contributed by atoms with Crippen LogP contribution in [0.2, 0.25) is 0 Å². The largest absolute Gasteiger partial charge is 0.297 e. The van der Waals surface area contributed by atoms with E-state index in [2.05, 4.69) is 133 Å². The van der Waals surface area contributed by atoms with Gasteiger partial charge in [0.15, 0.2) is 0 Å². The van der Waals surface area contributed by atoms with Crippen molar-refractivity contribution in [1.29, 1.82) is 0 Å². The molecule has 30 heavy (non-hydrogen) atoms. The lowest BCUT2D eigenvalue weighted by molar-refractivity contribution is 0.461. The summed E-state index contributed by atoms with van der Waals surface area (Å²) in [5.74, 6) is 0. The van der Waals surface area contributed by atoms with Crippen molar-refractivity contribution in [2.45, 2.75) is 0 Å². The Hall–Kier alpha value is -2.30. The monoisotopic (exact) mass is 427 g/mol. The maximum Gasteiger partial charge on any atom is 0.0266 e. The van der Waals surface area contributed by atoms with E-state index in [4.69, 9.17) is 0 Å². The Morgan fingerprint density at radius 2 is 0.667 bits per heavy atom. The van der Waals surface area contributed by atoms with E-state index in [0.29, 0.717) is 0 Å². The summed E-state index contributed by atoms with van der Waals surface area (Å²) < 4.78 is 0. The molecule has 0 aliphatic heterocycles. The van der Waals surface area contributed by atoms with E-state index in [1.807, 2.05) is 0 Å². The molecule has 0 heterocycles. The van der Waals surface area contributed by atoms with Gasteiger partial charge < -0.3 is 0 Å². The summed E-state index contributed by atoms with van der Waals surface area (Å²) in [7, 11) is 1.44. The van der Waals surface area contributed by atoms with Crippen LogP contribution in [-0.2, 0) is 0 Å². The molecule has 150 valence electrons. The first-order valence-corrected chi connectivity index (χ1v) is 13.3. The predicted molar refractivity (Wildman–Crippen MR) is 136 cm³/mol. The summed E-state index contributed by atoms with van der Waals surface area (Å²) in [6.07, 6.45) is 2.11. The molecular formula is C27H27NP2. The minimum absolute atomic E-state index is 0.422. The summed E-state index contributed by atoms with van der Waals surface area (Å²) >= 11 is 0. The Bertz CT molecular complexity index is 844. The number of hydrogen-bond donors (Lipinski definition) is 0. The summed E-state index contributed by atoms with van der Waals surface area (Å²) in [6, 6.07) is 44.0. The Kier molecular flexibility index (Phi) is 7.44.